The lowest BCUT2D eigenvalue weighted by Crippen LogP contribution is -2.48. The first-order chi connectivity index (χ1) is 13.4. The Hall–Kier alpha value is -1.00. The molecular formula is C19H33N5O3S. The molecule has 3 heterocycles. The molecule has 28 heavy (non-hydrogen) atoms. The van der Waals surface area contributed by atoms with Crippen LogP contribution >= 0.6 is 0 Å². The zero-order valence-electron chi connectivity index (χ0n) is 17.0. The Kier molecular flexibility index (Phi) is 6.08. The predicted octanol–water partition coefficient (Wildman–Crippen LogP) is 1.33. The van der Waals surface area contributed by atoms with Crippen LogP contribution in [0.4, 0.5) is 0 Å². The number of nitrogens with zero attached hydrogens (tertiary/aromatic N) is 5. The first kappa shape index (κ1) is 20.3. The zero-order chi connectivity index (χ0) is 19.7. The van der Waals surface area contributed by atoms with E-state index in [2.05, 4.69) is 14.5 Å². The number of hydrogen-bond acceptors (Lipinski definition) is 5. The molecular weight excluding hydrogens is 378 g/mol. The van der Waals surface area contributed by atoms with Crippen molar-refractivity contribution in [2.45, 2.75) is 50.7 Å². The van der Waals surface area contributed by atoms with Crippen molar-refractivity contribution in [1.82, 2.24) is 23.1 Å². The van der Waals surface area contributed by atoms with Crippen LogP contribution in [0.2, 0.25) is 0 Å². The van der Waals surface area contributed by atoms with Crippen LogP contribution in [-0.2, 0) is 21.5 Å². The highest BCUT2D eigenvalue weighted by Crippen LogP contribution is 2.30. The van der Waals surface area contributed by atoms with Gasteiger partial charge >= 0.3 is 0 Å². The molecule has 2 aliphatic heterocycles. The van der Waals surface area contributed by atoms with E-state index < -0.39 is 10.2 Å². The van der Waals surface area contributed by atoms with E-state index in [1.165, 1.54) is 42.1 Å². The minimum Gasteiger partial charge on any atom is -0.379 e. The Balaban J connectivity index is 1.52. The van der Waals surface area contributed by atoms with Crippen molar-refractivity contribution < 1.29 is 13.2 Å². The number of hydrogen-bond donors (Lipinski definition) is 0. The van der Waals surface area contributed by atoms with Crippen LogP contribution in [-0.4, -0.2) is 84.5 Å². The topological polar surface area (TPSA) is 70.9 Å². The van der Waals surface area contributed by atoms with Gasteiger partial charge in [0, 0.05) is 64.5 Å². The van der Waals surface area contributed by atoms with Gasteiger partial charge in [-0.3, -0.25) is 4.90 Å². The van der Waals surface area contributed by atoms with Crippen LogP contribution in [0.15, 0.2) is 12.5 Å². The van der Waals surface area contributed by atoms with Gasteiger partial charge in [0.05, 0.1) is 25.2 Å². The maximum atomic E-state index is 12.7. The molecule has 1 aliphatic carbocycles. The fourth-order valence-electron chi connectivity index (χ4n) is 4.85. The summed E-state index contributed by atoms with van der Waals surface area (Å²) in [6, 6.07) is 0.622. The van der Waals surface area contributed by atoms with Gasteiger partial charge in [-0.2, -0.15) is 17.0 Å². The molecule has 0 radical (unpaired) electrons. The second-order valence-corrected chi connectivity index (χ2v) is 10.8. The van der Waals surface area contributed by atoms with Crippen molar-refractivity contribution in [1.29, 1.82) is 0 Å². The quantitative estimate of drug-likeness (QED) is 0.731. The van der Waals surface area contributed by atoms with E-state index in [0.717, 1.165) is 13.1 Å². The smallest absolute Gasteiger partial charge is 0.281 e. The third-order valence-corrected chi connectivity index (χ3v) is 8.29. The zero-order valence-corrected chi connectivity index (χ0v) is 17.9. The monoisotopic (exact) mass is 411 g/mol. The first-order valence-electron chi connectivity index (χ1n) is 10.4. The summed E-state index contributed by atoms with van der Waals surface area (Å²) in [5.74, 6) is 0.188. The Morgan fingerprint density at radius 3 is 2.64 bits per heavy atom. The number of fused-ring (bicyclic) bond motifs is 3. The fraction of sp³-hybridized carbons (Fsp3) is 0.842. The van der Waals surface area contributed by atoms with E-state index in [4.69, 9.17) is 4.74 Å². The van der Waals surface area contributed by atoms with Gasteiger partial charge in [-0.15, -0.1) is 0 Å². The maximum Gasteiger partial charge on any atom is 0.281 e. The number of rotatable bonds is 5. The predicted molar refractivity (Wildman–Crippen MR) is 107 cm³/mol. The Morgan fingerprint density at radius 1 is 1.11 bits per heavy atom. The van der Waals surface area contributed by atoms with Crippen LogP contribution in [0.5, 0.6) is 0 Å². The highest BCUT2D eigenvalue weighted by atomic mass is 32.2. The van der Waals surface area contributed by atoms with Gasteiger partial charge in [0.25, 0.3) is 10.2 Å². The largest absolute Gasteiger partial charge is 0.379 e. The highest BCUT2D eigenvalue weighted by Gasteiger charge is 2.38. The van der Waals surface area contributed by atoms with Crippen LogP contribution in [0.25, 0.3) is 0 Å². The van der Waals surface area contributed by atoms with Gasteiger partial charge in [0.2, 0.25) is 0 Å². The molecule has 2 saturated heterocycles. The molecule has 1 aromatic rings. The molecule has 2 atom stereocenters. The van der Waals surface area contributed by atoms with Crippen LogP contribution in [0, 0.1) is 5.92 Å². The standard InChI is InChI=1S/C19H33N5O3S/c1-21(2)28(25,26)23-10-16-9-22(19(12-23)14-27-13-16)11-18-8-20-15-24(18)17-6-4-3-5-7-17/h8,15-17,19H,3-7,9-14H2,1-2H3/t16-,19+/m1/s1. The first-order valence-corrected chi connectivity index (χ1v) is 11.8. The van der Waals surface area contributed by atoms with E-state index in [1.54, 1.807) is 18.4 Å². The number of aromatic nitrogens is 2. The fourth-order valence-corrected chi connectivity index (χ4v) is 6.07. The average molecular weight is 412 g/mol. The van der Waals surface area contributed by atoms with E-state index in [9.17, 15) is 8.42 Å². The van der Waals surface area contributed by atoms with Crippen molar-refractivity contribution in [2.24, 2.45) is 5.92 Å². The van der Waals surface area contributed by atoms with E-state index in [1.807, 2.05) is 12.5 Å². The summed E-state index contributed by atoms with van der Waals surface area (Å²) in [5.41, 5.74) is 1.24. The van der Waals surface area contributed by atoms with E-state index in [-0.39, 0.29) is 12.0 Å². The maximum absolute atomic E-state index is 12.7. The van der Waals surface area contributed by atoms with Crippen molar-refractivity contribution in [2.75, 3.05) is 46.9 Å². The molecule has 3 fully saturated rings. The summed E-state index contributed by atoms with van der Waals surface area (Å²) >= 11 is 0. The lowest BCUT2D eigenvalue weighted by molar-refractivity contribution is 0.0660. The molecule has 8 nitrogen and oxygen atoms in total. The molecule has 1 saturated carbocycles. The summed E-state index contributed by atoms with van der Waals surface area (Å²) in [4.78, 5) is 6.86. The summed E-state index contributed by atoms with van der Waals surface area (Å²) < 4.78 is 36.7. The van der Waals surface area contributed by atoms with E-state index in [0.29, 0.717) is 32.3 Å². The minimum atomic E-state index is -3.41. The summed E-state index contributed by atoms with van der Waals surface area (Å²) in [6.45, 7) is 3.86. The average Bonchev–Trinajstić information content (AvgIpc) is 2.94. The molecule has 0 N–H and O–H groups in total. The second kappa shape index (κ2) is 8.39. The molecule has 0 spiro atoms. The highest BCUT2D eigenvalue weighted by molar-refractivity contribution is 7.86. The van der Waals surface area contributed by atoms with Gasteiger partial charge < -0.3 is 9.30 Å². The third kappa shape index (κ3) is 4.14. The SMILES string of the molecule is CN(C)S(=O)(=O)N1C[C@@H]2COC[C@H](C1)N(Cc1cncn1C1CCCCC1)C2. The molecule has 158 valence electrons. The molecule has 1 aromatic heterocycles. The third-order valence-electron chi connectivity index (χ3n) is 6.42. The Bertz CT molecular complexity index is 759. The lowest BCUT2D eigenvalue weighted by atomic mass is 9.95. The minimum absolute atomic E-state index is 0.0666. The number of ether oxygens (including phenoxy) is 1. The molecule has 2 bridgehead atoms. The molecule has 9 heteroatoms. The van der Waals surface area contributed by atoms with Gasteiger partial charge in [-0.1, -0.05) is 19.3 Å². The van der Waals surface area contributed by atoms with Crippen molar-refractivity contribution in [3.8, 4) is 0 Å². The Labute approximate surface area is 168 Å². The number of imidazole rings is 1. The lowest BCUT2D eigenvalue weighted by Gasteiger charge is -2.32. The molecule has 0 unspecified atom stereocenters. The van der Waals surface area contributed by atoms with Crippen LogP contribution < -0.4 is 0 Å². The molecule has 3 aliphatic rings. The summed E-state index contributed by atoms with van der Waals surface area (Å²) in [6.07, 6.45) is 10.3. The van der Waals surface area contributed by atoms with Gasteiger partial charge in [0.1, 0.15) is 0 Å². The summed E-state index contributed by atoms with van der Waals surface area (Å²) in [7, 11) is -0.201. The van der Waals surface area contributed by atoms with Crippen LogP contribution in [0.1, 0.15) is 43.8 Å². The van der Waals surface area contributed by atoms with Crippen molar-refractivity contribution in [3.63, 3.8) is 0 Å². The normalized spacial score (nSPS) is 28.5. The van der Waals surface area contributed by atoms with Gasteiger partial charge in [-0.05, 0) is 12.8 Å². The van der Waals surface area contributed by atoms with Crippen LogP contribution in [0.3, 0.4) is 0 Å². The molecule has 0 amide bonds. The Morgan fingerprint density at radius 2 is 1.89 bits per heavy atom. The second-order valence-electron chi connectivity index (χ2n) is 8.68. The molecule has 4 rings (SSSR count). The van der Waals surface area contributed by atoms with Crippen molar-refractivity contribution >= 4 is 10.2 Å². The van der Waals surface area contributed by atoms with Crippen molar-refractivity contribution in [3.05, 3.63) is 18.2 Å². The summed E-state index contributed by atoms with van der Waals surface area (Å²) in [5, 5.41) is 0. The van der Waals surface area contributed by atoms with Gasteiger partial charge in [0.15, 0.2) is 0 Å². The van der Waals surface area contributed by atoms with Gasteiger partial charge in [-0.25, -0.2) is 4.98 Å². The molecule has 0 aromatic carbocycles. The van der Waals surface area contributed by atoms with E-state index >= 15 is 0 Å².